The van der Waals surface area contributed by atoms with Gasteiger partial charge in [-0.05, 0) is 13.8 Å². The average molecular weight is 239 g/mol. The minimum Gasteiger partial charge on any atom is -0.464 e. The maximum Gasteiger partial charge on any atom is 0.454 e. The molecule has 4 nitrogen and oxygen atoms in total. The first-order valence-electron chi connectivity index (χ1n) is 4.49. The molecule has 0 radical (unpaired) electrons. The van der Waals surface area contributed by atoms with Gasteiger partial charge in [-0.15, -0.1) is 0 Å². The second kappa shape index (κ2) is 6.14. The van der Waals surface area contributed by atoms with Crippen molar-refractivity contribution < 1.29 is 27.5 Å². The Morgan fingerprint density at radius 2 is 2.00 bits per heavy atom. The van der Waals surface area contributed by atoms with Crippen molar-refractivity contribution in [3.63, 3.8) is 0 Å². The summed E-state index contributed by atoms with van der Waals surface area (Å²) in [6.45, 7) is 3.18. The van der Waals surface area contributed by atoms with E-state index in [0.717, 1.165) is 6.20 Å². The van der Waals surface area contributed by atoms with Crippen LogP contribution in [0, 0.1) is 0 Å². The van der Waals surface area contributed by atoms with Crippen molar-refractivity contribution in [2.75, 3.05) is 6.61 Å². The Kier molecular flexibility index (Phi) is 5.55. The van der Waals surface area contributed by atoms with E-state index < -0.39 is 24.0 Å². The standard InChI is InChI=1S/C9H12F3NO3/c1-3-16-8(15)6(2)13-5-4-7(14)9(10,11)12/h4-6,13H,3H2,1-2H3/b5-4-. The molecule has 0 aliphatic heterocycles. The third-order valence-electron chi connectivity index (χ3n) is 1.50. The van der Waals surface area contributed by atoms with Gasteiger partial charge in [0.25, 0.3) is 5.78 Å². The van der Waals surface area contributed by atoms with E-state index in [2.05, 4.69) is 10.1 Å². The molecule has 0 aliphatic rings. The van der Waals surface area contributed by atoms with E-state index in [1.807, 2.05) is 0 Å². The number of hydrogen-bond donors (Lipinski definition) is 1. The largest absolute Gasteiger partial charge is 0.464 e. The zero-order valence-corrected chi connectivity index (χ0v) is 8.80. The summed E-state index contributed by atoms with van der Waals surface area (Å²) in [5.74, 6) is -2.59. The predicted molar refractivity (Wildman–Crippen MR) is 49.4 cm³/mol. The molecular weight excluding hydrogens is 227 g/mol. The summed E-state index contributed by atoms with van der Waals surface area (Å²) in [6.07, 6.45) is -3.81. The molecule has 1 N–H and O–H groups in total. The number of carbonyl (C=O) groups is 2. The van der Waals surface area contributed by atoms with Crippen LogP contribution in [-0.4, -0.2) is 30.6 Å². The lowest BCUT2D eigenvalue weighted by molar-refractivity contribution is -0.165. The number of carbonyl (C=O) groups excluding carboxylic acids is 2. The fraction of sp³-hybridized carbons (Fsp3) is 0.556. The van der Waals surface area contributed by atoms with Crippen LogP contribution < -0.4 is 5.32 Å². The van der Waals surface area contributed by atoms with Crippen LogP contribution in [0.25, 0.3) is 0 Å². The molecular formula is C9H12F3NO3. The van der Waals surface area contributed by atoms with E-state index >= 15 is 0 Å². The molecule has 1 unspecified atom stereocenters. The van der Waals surface area contributed by atoms with Gasteiger partial charge in [-0.1, -0.05) is 0 Å². The van der Waals surface area contributed by atoms with Crippen LogP contribution in [0.5, 0.6) is 0 Å². The van der Waals surface area contributed by atoms with Crippen LogP contribution >= 0.6 is 0 Å². The number of rotatable bonds is 5. The maximum absolute atomic E-state index is 11.7. The first kappa shape index (κ1) is 14.5. The van der Waals surface area contributed by atoms with Gasteiger partial charge in [-0.3, -0.25) is 4.79 Å². The van der Waals surface area contributed by atoms with E-state index in [9.17, 15) is 22.8 Å². The van der Waals surface area contributed by atoms with Crippen molar-refractivity contribution >= 4 is 11.8 Å². The fourth-order valence-electron chi connectivity index (χ4n) is 0.698. The summed E-state index contributed by atoms with van der Waals surface area (Å²) in [5, 5.41) is 2.29. The summed E-state index contributed by atoms with van der Waals surface area (Å²) in [6, 6.07) is -0.808. The Labute approximate surface area is 90.5 Å². The molecule has 16 heavy (non-hydrogen) atoms. The van der Waals surface area contributed by atoms with Gasteiger partial charge >= 0.3 is 12.1 Å². The minimum absolute atomic E-state index is 0.177. The Hall–Kier alpha value is -1.53. The second-order valence-electron chi connectivity index (χ2n) is 2.84. The third kappa shape index (κ3) is 5.38. The predicted octanol–water partition coefficient (Wildman–Crippen LogP) is 1.17. The smallest absolute Gasteiger partial charge is 0.454 e. The van der Waals surface area contributed by atoms with Crippen molar-refractivity contribution in [3.8, 4) is 0 Å². The molecule has 1 atom stereocenters. The van der Waals surface area contributed by atoms with Crippen LogP contribution in [0.3, 0.4) is 0 Å². The number of hydrogen-bond acceptors (Lipinski definition) is 4. The van der Waals surface area contributed by atoms with Crippen molar-refractivity contribution in [3.05, 3.63) is 12.3 Å². The van der Waals surface area contributed by atoms with Crippen LogP contribution in [0.1, 0.15) is 13.8 Å². The highest BCUT2D eigenvalue weighted by molar-refractivity contribution is 5.94. The topological polar surface area (TPSA) is 55.4 Å². The number of ketones is 1. The summed E-state index contributed by atoms with van der Waals surface area (Å²) >= 11 is 0. The molecule has 0 amide bonds. The van der Waals surface area contributed by atoms with E-state index in [0.29, 0.717) is 6.08 Å². The van der Waals surface area contributed by atoms with Crippen LogP contribution in [0.2, 0.25) is 0 Å². The molecule has 7 heteroatoms. The van der Waals surface area contributed by atoms with Gasteiger partial charge in [0.05, 0.1) is 6.61 Å². The summed E-state index contributed by atoms with van der Waals surface area (Å²) in [5.41, 5.74) is 0. The zero-order valence-electron chi connectivity index (χ0n) is 8.80. The molecule has 0 fully saturated rings. The van der Waals surface area contributed by atoms with Crippen molar-refractivity contribution in [2.24, 2.45) is 0 Å². The van der Waals surface area contributed by atoms with Gasteiger partial charge < -0.3 is 10.1 Å². The van der Waals surface area contributed by atoms with E-state index in [1.54, 1.807) is 6.92 Å². The fourth-order valence-corrected chi connectivity index (χ4v) is 0.698. The molecule has 0 heterocycles. The second-order valence-corrected chi connectivity index (χ2v) is 2.84. The quantitative estimate of drug-likeness (QED) is 0.578. The number of esters is 1. The van der Waals surface area contributed by atoms with Crippen LogP contribution in [0.4, 0.5) is 13.2 Å². The summed E-state index contributed by atoms with van der Waals surface area (Å²) in [4.78, 5) is 21.4. The number of allylic oxidation sites excluding steroid dienone is 1. The molecule has 0 saturated heterocycles. The molecule has 0 aliphatic carbocycles. The number of ether oxygens (including phenoxy) is 1. The molecule has 0 bridgehead atoms. The molecule has 0 rings (SSSR count). The highest BCUT2D eigenvalue weighted by Crippen LogP contribution is 2.15. The zero-order chi connectivity index (χ0) is 12.8. The normalized spacial score (nSPS) is 13.6. The lowest BCUT2D eigenvalue weighted by atomic mass is 10.3. The minimum atomic E-state index is -4.90. The molecule has 0 aromatic heterocycles. The average Bonchev–Trinajstić information content (AvgIpc) is 2.16. The number of nitrogens with one attached hydrogen (secondary N) is 1. The monoisotopic (exact) mass is 239 g/mol. The SMILES string of the molecule is CCOC(=O)C(C)N/C=C\C(=O)C(F)(F)F. The Morgan fingerprint density at radius 1 is 1.44 bits per heavy atom. The first-order valence-corrected chi connectivity index (χ1v) is 4.49. The van der Waals surface area contributed by atoms with Gasteiger partial charge in [0.1, 0.15) is 6.04 Å². The third-order valence-corrected chi connectivity index (χ3v) is 1.50. The first-order chi connectivity index (χ1) is 7.29. The van der Waals surface area contributed by atoms with E-state index in [1.165, 1.54) is 6.92 Å². The highest BCUT2D eigenvalue weighted by Gasteiger charge is 2.36. The Morgan fingerprint density at radius 3 is 2.44 bits per heavy atom. The summed E-state index contributed by atoms with van der Waals surface area (Å²) < 4.78 is 39.8. The molecule has 0 saturated carbocycles. The van der Waals surface area contributed by atoms with Gasteiger partial charge in [0.2, 0.25) is 0 Å². The van der Waals surface area contributed by atoms with Crippen LogP contribution in [0.15, 0.2) is 12.3 Å². The number of alkyl halides is 3. The number of halogens is 3. The van der Waals surface area contributed by atoms with Gasteiger partial charge in [-0.25, -0.2) is 4.79 Å². The van der Waals surface area contributed by atoms with Crippen molar-refractivity contribution in [1.82, 2.24) is 5.32 Å². The Bertz CT molecular complexity index is 286. The van der Waals surface area contributed by atoms with E-state index in [4.69, 9.17) is 0 Å². The summed E-state index contributed by atoms with van der Waals surface area (Å²) in [7, 11) is 0. The highest BCUT2D eigenvalue weighted by atomic mass is 19.4. The molecule has 0 aromatic carbocycles. The molecule has 92 valence electrons. The molecule has 0 spiro atoms. The van der Waals surface area contributed by atoms with E-state index in [-0.39, 0.29) is 6.61 Å². The van der Waals surface area contributed by atoms with Gasteiger partial charge in [-0.2, -0.15) is 13.2 Å². The van der Waals surface area contributed by atoms with Gasteiger partial charge in [0.15, 0.2) is 0 Å². The lowest BCUT2D eigenvalue weighted by Gasteiger charge is -2.09. The van der Waals surface area contributed by atoms with Crippen molar-refractivity contribution in [1.29, 1.82) is 0 Å². The maximum atomic E-state index is 11.7. The van der Waals surface area contributed by atoms with Gasteiger partial charge in [0, 0.05) is 12.3 Å². The van der Waals surface area contributed by atoms with Crippen LogP contribution in [-0.2, 0) is 14.3 Å². The lowest BCUT2D eigenvalue weighted by Crippen LogP contribution is -2.32. The Balaban J connectivity index is 4.10. The van der Waals surface area contributed by atoms with Crippen molar-refractivity contribution in [2.45, 2.75) is 26.1 Å². The molecule has 0 aromatic rings.